The minimum Gasteiger partial charge on any atom is -0.304 e. The molecule has 0 aromatic heterocycles. The van der Waals surface area contributed by atoms with Crippen LogP contribution in [0.25, 0.3) is 0 Å². The molecule has 2 saturated heterocycles. The molecule has 1 unspecified atom stereocenters. The Morgan fingerprint density at radius 1 is 1.17 bits per heavy atom. The molecule has 2 aliphatic rings. The standard InChI is InChI=1S/C9H19N3/c1-11-7-5-9(8-11)4-2-3-6-12(9)10/h2-8,10H2,1H3. The minimum atomic E-state index is 0.340. The average Bonchev–Trinajstić information content (AvgIpc) is 2.41. The zero-order valence-corrected chi connectivity index (χ0v) is 7.92. The largest absolute Gasteiger partial charge is 0.304 e. The van der Waals surface area contributed by atoms with Crippen LogP contribution < -0.4 is 5.84 Å². The van der Waals surface area contributed by atoms with E-state index in [1.165, 1.54) is 38.8 Å². The maximum absolute atomic E-state index is 6.04. The van der Waals surface area contributed by atoms with Gasteiger partial charge in [-0.25, -0.2) is 5.01 Å². The molecule has 0 aliphatic carbocycles. The molecule has 3 heteroatoms. The van der Waals surface area contributed by atoms with Gasteiger partial charge in [0.15, 0.2) is 0 Å². The fourth-order valence-electron chi connectivity index (χ4n) is 2.61. The van der Waals surface area contributed by atoms with Gasteiger partial charge in [-0.15, -0.1) is 0 Å². The molecule has 0 bridgehead atoms. The van der Waals surface area contributed by atoms with Gasteiger partial charge in [0.2, 0.25) is 0 Å². The summed E-state index contributed by atoms with van der Waals surface area (Å²) in [6.45, 7) is 3.48. The molecule has 2 N–H and O–H groups in total. The molecule has 0 aromatic carbocycles. The number of hydrogen-bond acceptors (Lipinski definition) is 3. The first-order chi connectivity index (χ1) is 5.73. The predicted octanol–water partition coefficient (Wildman–Crippen LogP) is 0.420. The van der Waals surface area contributed by atoms with E-state index in [9.17, 15) is 0 Å². The Labute approximate surface area is 74.5 Å². The van der Waals surface area contributed by atoms with Gasteiger partial charge in [-0.1, -0.05) is 6.42 Å². The van der Waals surface area contributed by atoms with E-state index in [4.69, 9.17) is 5.84 Å². The highest BCUT2D eigenvalue weighted by Gasteiger charge is 2.41. The maximum atomic E-state index is 6.04. The van der Waals surface area contributed by atoms with Crippen LogP contribution >= 0.6 is 0 Å². The molecule has 0 radical (unpaired) electrons. The van der Waals surface area contributed by atoms with Gasteiger partial charge in [-0.2, -0.15) is 0 Å². The summed E-state index contributed by atoms with van der Waals surface area (Å²) >= 11 is 0. The molecule has 2 fully saturated rings. The van der Waals surface area contributed by atoms with Gasteiger partial charge in [-0.3, -0.25) is 5.84 Å². The van der Waals surface area contributed by atoms with E-state index in [1.54, 1.807) is 0 Å². The second-order valence-corrected chi connectivity index (χ2v) is 4.36. The molecule has 12 heavy (non-hydrogen) atoms. The Bertz CT molecular complexity index is 167. The summed E-state index contributed by atoms with van der Waals surface area (Å²) in [5.41, 5.74) is 0.340. The number of rotatable bonds is 0. The first-order valence-corrected chi connectivity index (χ1v) is 4.94. The summed E-state index contributed by atoms with van der Waals surface area (Å²) in [6, 6.07) is 0. The van der Waals surface area contributed by atoms with Gasteiger partial charge in [0.05, 0.1) is 0 Å². The predicted molar refractivity (Wildman–Crippen MR) is 49.6 cm³/mol. The lowest BCUT2D eigenvalue weighted by atomic mass is 9.87. The van der Waals surface area contributed by atoms with Gasteiger partial charge in [0.25, 0.3) is 0 Å². The molecule has 1 spiro atoms. The van der Waals surface area contributed by atoms with E-state index >= 15 is 0 Å². The molecule has 2 rings (SSSR count). The van der Waals surface area contributed by atoms with Crippen molar-refractivity contribution in [1.82, 2.24) is 9.91 Å². The van der Waals surface area contributed by atoms with E-state index in [-0.39, 0.29) is 0 Å². The Kier molecular flexibility index (Phi) is 2.10. The van der Waals surface area contributed by atoms with E-state index < -0.39 is 0 Å². The van der Waals surface area contributed by atoms with Crippen molar-refractivity contribution in [1.29, 1.82) is 0 Å². The maximum Gasteiger partial charge on any atom is 0.0490 e. The minimum absolute atomic E-state index is 0.340. The van der Waals surface area contributed by atoms with Gasteiger partial charge in [0, 0.05) is 18.6 Å². The van der Waals surface area contributed by atoms with E-state index in [2.05, 4.69) is 17.0 Å². The van der Waals surface area contributed by atoms with Crippen LogP contribution in [-0.4, -0.2) is 42.1 Å². The second kappa shape index (κ2) is 2.98. The number of nitrogens with zero attached hydrogens (tertiary/aromatic N) is 2. The summed E-state index contributed by atoms with van der Waals surface area (Å²) in [5, 5.41) is 2.10. The number of hydrazine groups is 1. The Balaban J connectivity index is 2.07. The summed E-state index contributed by atoms with van der Waals surface area (Å²) in [4.78, 5) is 2.39. The summed E-state index contributed by atoms with van der Waals surface area (Å²) in [6.07, 6.45) is 5.21. The van der Waals surface area contributed by atoms with Crippen molar-refractivity contribution in [3.63, 3.8) is 0 Å². The van der Waals surface area contributed by atoms with Gasteiger partial charge < -0.3 is 4.90 Å². The van der Waals surface area contributed by atoms with Crippen LogP contribution in [0.15, 0.2) is 0 Å². The van der Waals surface area contributed by atoms with Crippen LogP contribution in [0.1, 0.15) is 25.7 Å². The number of nitrogens with two attached hydrogens (primary N) is 1. The summed E-state index contributed by atoms with van der Waals surface area (Å²) in [7, 11) is 2.19. The molecule has 0 saturated carbocycles. The molecule has 0 aromatic rings. The molecule has 70 valence electrons. The molecule has 2 heterocycles. The van der Waals surface area contributed by atoms with Crippen LogP contribution in [0.3, 0.4) is 0 Å². The van der Waals surface area contributed by atoms with Gasteiger partial charge in [0.1, 0.15) is 0 Å². The lowest BCUT2D eigenvalue weighted by molar-refractivity contribution is 0.0547. The SMILES string of the molecule is CN1CCC2(CCCCN2N)C1. The first-order valence-electron chi connectivity index (χ1n) is 4.94. The lowest BCUT2D eigenvalue weighted by Crippen LogP contribution is -2.56. The third kappa shape index (κ3) is 1.26. The second-order valence-electron chi connectivity index (χ2n) is 4.36. The molecule has 1 atom stereocenters. The average molecular weight is 169 g/mol. The number of likely N-dealkylation sites (N-methyl/N-ethyl adjacent to an activating group) is 1. The molecule has 2 aliphatic heterocycles. The quantitative estimate of drug-likeness (QED) is 0.533. The summed E-state index contributed by atoms with van der Waals surface area (Å²) < 4.78 is 0. The number of hydrogen-bond donors (Lipinski definition) is 1. The zero-order chi connectivity index (χ0) is 8.60. The molecule has 0 amide bonds. The van der Waals surface area contributed by atoms with E-state index in [0.717, 1.165) is 6.54 Å². The van der Waals surface area contributed by atoms with Crippen LogP contribution in [0.2, 0.25) is 0 Å². The van der Waals surface area contributed by atoms with Crippen molar-refractivity contribution in [3.05, 3.63) is 0 Å². The van der Waals surface area contributed by atoms with E-state index in [1.807, 2.05) is 0 Å². The summed E-state index contributed by atoms with van der Waals surface area (Å²) in [5.74, 6) is 6.04. The highest BCUT2D eigenvalue weighted by Crippen LogP contribution is 2.33. The highest BCUT2D eigenvalue weighted by atomic mass is 15.5. The fraction of sp³-hybridized carbons (Fsp3) is 1.00. The van der Waals surface area contributed by atoms with Crippen molar-refractivity contribution in [2.45, 2.75) is 31.2 Å². The Morgan fingerprint density at radius 2 is 2.00 bits per heavy atom. The molecule has 3 nitrogen and oxygen atoms in total. The highest BCUT2D eigenvalue weighted by molar-refractivity contribution is 4.98. The van der Waals surface area contributed by atoms with Crippen molar-refractivity contribution in [2.75, 3.05) is 26.7 Å². The van der Waals surface area contributed by atoms with Gasteiger partial charge in [-0.05, 0) is 32.9 Å². The third-order valence-electron chi connectivity index (χ3n) is 3.42. The zero-order valence-electron chi connectivity index (χ0n) is 7.92. The van der Waals surface area contributed by atoms with Crippen molar-refractivity contribution < 1.29 is 0 Å². The molecular weight excluding hydrogens is 150 g/mol. The van der Waals surface area contributed by atoms with Crippen molar-refractivity contribution in [2.24, 2.45) is 5.84 Å². The number of likely N-dealkylation sites (tertiary alicyclic amines) is 1. The van der Waals surface area contributed by atoms with E-state index in [0.29, 0.717) is 5.54 Å². The molecular formula is C9H19N3. The normalized spacial score (nSPS) is 39.5. The topological polar surface area (TPSA) is 32.5 Å². The third-order valence-corrected chi connectivity index (χ3v) is 3.42. The van der Waals surface area contributed by atoms with Crippen molar-refractivity contribution in [3.8, 4) is 0 Å². The Hall–Kier alpha value is -0.120. The first kappa shape index (κ1) is 8.48. The Morgan fingerprint density at radius 3 is 2.58 bits per heavy atom. The number of piperidine rings is 1. The van der Waals surface area contributed by atoms with Gasteiger partial charge >= 0.3 is 0 Å². The van der Waals surface area contributed by atoms with Crippen LogP contribution in [0.4, 0.5) is 0 Å². The van der Waals surface area contributed by atoms with Crippen LogP contribution in [0.5, 0.6) is 0 Å². The van der Waals surface area contributed by atoms with Crippen LogP contribution in [0, 0.1) is 0 Å². The fourth-order valence-corrected chi connectivity index (χ4v) is 2.61. The van der Waals surface area contributed by atoms with Crippen LogP contribution in [-0.2, 0) is 0 Å². The lowest BCUT2D eigenvalue weighted by Gasteiger charge is -2.41. The smallest absolute Gasteiger partial charge is 0.0490 e. The monoisotopic (exact) mass is 169 g/mol. The van der Waals surface area contributed by atoms with Crippen molar-refractivity contribution >= 4 is 0 Å².